The number of carbonyl (C=O) groups is 1. The van der Waals surface area contributed by atoms with Crippen molar-refractivity contribution in [2.45, 2.75) is 20.8 Å². The van der Waals surface area contributed by atoms with Crippen molar-refractivity contribution in [3.63, 3.8) is 0 Å². The molecule has 0 saturated carbocycles. The summed E-state index contributed by atoms with van der Waals surface area (Å²) in [5.41, 5.74) is 5.52. The molecule has 0 saturated heterocycles. The zero-order chi connectivity index (χ0) is 21.4. The molecule has 0 radical (unpaired) electrons. The van der Waals surface area contributed by atoms with Crippen molar-refractivity contribution >= 4 is 16.8 Å². The zero-order valence-corrected chi connectivity index (χ0v) is 17.7. The summed E-state index contributed by atoms with van der Waals surface area (Å²) in [7, 11) is 3.18. The molecule has 0 amide bonds. The average Bonchev–Trinajstić information content (AvgIpc) is 3.13. The molecular formula is C25H23NO4. The van der Waals surface area contributed by atoms with Crippen LogP contribution in [0.1, 0.15) is 32.6 Å². The number of aryl methyl sites for hydroxylation is 2. The lowest BCUT2D eigenvalue weighted by Crippen LogP contribution is -2.05. The van der Waals surface area contributed by atoms with Gasteiger partial charge in [-0.25, -0.2) is 4.98 Å². The summed E-state index contributed by atoms with van der Waals surface area (Å²) in [5.74, 6) is 1.56. The molecule has 0 atom stereocenters. The van der Waals surface area contributed by atoms with Gasteiger partial charge in [0.15, 0.2) is 5.78 Å². The van der Waals surface area contributed by atoms with Gasteiger partial charge in [-0.2, -0.15) is 0 Å². The maximum absolute atomic E-state index is 13.7. The molecule has 2 heterocycles. The lowest BCUT2D eigenvalue weighted by atomic mass is 9.95. The number of furan rings is 1. The number of methoxy groups -OCH3 is 2. The summed E-state index contributed by atoms with van der Waals surface area (Å²) in [6.45, 7) is 5.94. The maximum Gasteiger partial charge on any atom is 0.212 e. The number of ketones is 1. The van der Waals surface area contributed by atoms with E-state index in [1.54, 1.807) is 32.5 Å². The molecule has 0 unspecified atom stereocenters. The quantitative estimate of drug-likeness (QED) is 0.403. The van der Waals surface area contributed by atoms with Gasteiger partial charge in [0, 0.05) is 28.8 Å². The lowest BCUT2D eigenvalue weighted by molar-refractivity contribution is 0.104. The average molecular weight is 401 g/mol. The Hall–Kier alpha value is -3.60. The highest BCUT2D eigenvalue weighted by atomic mass is 16.5. The van der Waals surface area contributed by atoms with E-state index in [9.17, 15) is 4.79 Å². The van der Waals surface area contributed by atoms with E-state index in [1.807, 2.05) is 51.1 Å². The molecule has 0 aliphatic carbocycles. The highest BCUT2D eigenvalue weighted by Gasteiger charge is 2.24. The van der Waals surface area contributed by atoms with Crippen LogP contribution in [0.25, 0.3) is 22.3 Å². The Labute approximate surface area is 175 Å². The molecular weight excluding hydrogens is 378 g/mol. The Kier molecular flexibility index (Phi) is 5.04. The van der Waals surface area contributed by atoms with E-state index in [2.05, 4.69) is 4.98 Å². The molecule has 30 heavy (non-hydrogen) atoms. The summed E-state index contributed by atoms with van der Waals surface area (Å²) in [6, 6.07) is 13.1. The summed E-state index contributed by atoms with van der Waals surface area (Å²) in [5, 5.41) is 0.772. The second kappa shape index (κ2) is 7.67. The minimum Gasteiger partial charge on any atom is -0.496 e. The number of hydrogen-bond donors (Lipinski definition) is 0. The Morgan fingerprint density at radius 3 is 2.43 bits per heavy atom. The van der Waals surface area contributed by atoms with Gasteiger partial charge in [0.1, 0.15) is 17.1 Å². The third kappa shape index (κ3) is 3.32. The second-order valence-electron chi connectivity index (χ2n) is 7.34. The molecule has 0 N–H and O–H groups in total. The lowest BCUT2D eigenvalue weighted by Gasteiger charge is -2.11. The van der Waals surface area contributed by atoms with Gasteiger partial charge in [0.25, 0.3) is 0 Å². The van der Waals surface area contributed by atoms with Gasteiger partial charge in [-0.3, -0.25) is 4.79 Å². The fraction of sp³-hybridized carbons (Fsp3) is 0.200. The van der Waals surface area contributed by atoms with Crippen LogP contribution >= 0.6 is 0 Å². The highest BCUT2D eigenvalue weighted by Crippen LogP contribution is 2.36. The van der Waals surface area contributed by atoms with Crippen LogP contribution in [-0.4, -0.2) is 25.0 Å². The van der Waals surface area contributed by atoms with Crippen molar-refractivity contribution in [2.75, 3.05) is 14.2 Å². The first-order valence-corrected chi connectivity index (χ1v) is 9.66. The van der Waals surface area contributed by atoms with Crippen LogP contribution in [0.2, 0.25) is 0 Å². The number of ether oxygens (including phenoxy) is 2. The predicted molar refractivity (Wildman–Crippen MR) is 117 cm³/mol. The van der Waals surface area contributed by atoms with Gasteiger partial charge in [0.2, 0.25) is 5.88 Å². The fourth-order valence-electron chi connectivity index (χ4n) is 3.58. The Balaban J connectivity index is 1.94. The molecule has 0 aliphatic rings. The van der Waals surface area contributed by atoms with Crippen LogP contribution in [0, 0.1) is 20.8 Å². The zero-order valence-electron chi connectivity index (χ0n) is 17.7. The summed E-state index contributed by atoms with van der Waals surface area (Å²) < 4.78 is 16.8. The molecule has 5 nitrogen and oxygen atoms in total. The second-order valence-corrected chi connectivity index (χ2v) is 7.34. The smallest absolute Gasteiger partial charge is 0.212 e. The third-order valence-electron chi connectivity index (χ3n) is 5.38. The highest BCUT2D eigenvalue weighted by molar-refractivity contribution is 6.19. The van der Waals surface area contributed by atoms with E-state index in [1.165, 1.54) is 0 Å². The van der Waals surface area contributed by atoms with Gasteiger partial charge in [-0.05, 0) is 61.7 Å². The Bertz CT molecular complexity index is 1250. The van der Waals surface area contributed by atoms with Crippen LogP contribution in [0.15, 0.2) is 53.1 Å². The summed E-state index contributed by atoms with van der Waals surface area (Å²) in [6.07, 6.45) is 1.65. The minimum absolute atomic E-state index is 0.121. The van der Waals surface area contributed by atoms with E-state index >= 15 is 0 Å². The fourth-order valence-corrected chi connectivity index (χ4v) is 3.58. The van der Waals surface area contributed by atoms with E-state index in [0.717, 1.165) is 22.1 Å². The molecule has 0 fully saturated rings. The molecule has 0 bridgehead atoms. The monoisotopic (exact) mass is 401 g/mol. The largest absolute Gasteiger partial charge is 0.496 e. The van der Waals surface area contributed by atoms with E-state index < -0.39 is 0 Å². The number of rotatable bonds is 5. The number of fused-ring (bicyclic) bond motifs is 1. The standard InChI is InChI=1S/C25H23NO4/c1-14-6-8-19-21(10-14)30-25(17-7-9-22(29-5)26-13-17)23(19)24(27)18-11-15(2)16(3)20(12-18)28-4/h6-13H,1-5H3. The SMILES string of the molecule is COc1ccc(-c2oc3cc(C)ccc3c2C(=O)c2cc(C)c(C)c(OC)c2)cn1. The normalized spacial score (nSPS) is 11.0. The van der Waals surface area contributed by atoms with Crippen LogP contribution in [-0.2, 0) is 0 Å². The first kappa shape index (κ1) is 19.7. The molecule has 5 heteroatoms. The van der Waals surface area contributed by atoms with Gasteiger partial charge in [0.05, 0.1) is 19.8 Å². The Morgan fingerprint density at radius 2 is 1.77 bits per heavy atom. The first-order chi connectivity index (χ1) is 14.4. The number of nitrogens with zero attached hydrogens (tertiary/aromatic N) is 1. The third-order valence-corrected chi connectivity index (χ3v) is 5.38. The van der Waals surface area contributed by atoms with Crippen molar-refractivity contribution in [1.82, 2.24) is 4.98 Å². The minimum atomic E-state index is -0.121. The topological polar surface area (TPSA) is 61.6 Å². The van der Waals surface area contributed by atoms with Crippen molar-refractivity contribution in [3.8, 4) is 23.0 Å². The maximum atomic E-state index is 13.7. The molecule has 0 aliphatic heterocycles. The predicted octanol–water partition coefficient (Wildman–Crippen LogP) is 5.67. The van der Waals surface area contributed by atoms with Crippen LogP contribution in [0.5, 0.6) is 11.6 Å². The van der Waals surface area contributed by atoms with Crippen molar-refractivity contribution in [1.29, 1.82) is 0 Å². The number of carbonyl (C=O) groups excluding carboxylic acids is 1. The number of hydrogen-bond acceptors (Lipinski definition) is 5. The molecule has 152 valence electrons. The van der Waals surface area contributed by atoms with Crippen molar-refractivity contribution in [3.05, 3.63) is 76.5 Å². The number of pyridine rings is 1. The van der Waals surface area contributed by atoms with Gasteiger partial charge >= 0.3 is 0 Å². The van der Waals surface area contributed by atoms with Crippen molar-refractivity contribution < 1.29 is 18.7 Å². The molecule has 0 spiro atoms. The number of aromatic nitrogens is 1. The Morgan fingerprint density at radius 1 is 0.967 bits per heavy atom. The van der Waals surface area contributed by atoms with Gasteiger partial charge in [-0.15, -0.1) is 0 Å². The summed E-state index contributed by atoms with van der Waals surface area (Å²) >= 11 is 0. The van der Waals surface area contributed by atoms with E-state index in [0.29, 0.717) is 39.7 Å². The molecule has 2 aromatic heterocycles. The van der Waals surface area contributed by atoms with Crippen LogP contribution in [0.4, 0.5) is 0 Å². The molecule has 4 aromatic rings. The first-order valence-electron chi connectivity index (χ1n) is 9.66. The molecule has 2 aromatic carbocycles. The van der Waals surface area contributed by atoms with Gasteiger partial charge < -0.3 is 13.9 Å². The number of benzene rings is 2. The van der Waals surface area contributed by atoms with E-state index in [-0.39, 0.29) is 5.78 Å². The molecule has 4 rings (SSSR count). The van der Waals surface area contributed by atoms with E-state index in [4.69, 9.17) is 13.9 Å². The summed E-state index contributed by atoms with van der Waals surface area (Å²) in [4.78, 5) is 18.0. The van der Waals surface area contributed by atoms with Crippen molar-refractivity contribution in [2.24, 2.45) is 0 Å². The van der Waals surface area contributed by atoms with Crippen LogP contribution < -0.4 is 9.47 Å². The van der Waals surface area contributed by atoms with Gasteiger partial charge in [-0.1, -0.05) is 12.1 Å². The van der Waals surface area contributed by atoms with Crippen LogP contribution in [0.3, 0.4) is 0 Å².